The molecule has 2 atom stereocenters. The summed E-state index contributed by atoms with van der Waals surface area (Å²) in [5.74, 6) is -1.88. The molecular weight excluding hydrogens is 608 g/mol. The number of aryl methyl sites for hydroxylation is 3. The number of allylic oxidation sites excluding steroid dienone is 2. The summed E-state index contributed by atoms with van der Waals surface area (Å²) in [5.41, 5.74) is 6.04. The zero-order valence-electron chi connectivity index (χ0n) is 24.0. The fourth-order valence-corrected chi connectivity index (χ4v) is 6.39. The minimum absolute atomic E-state index is 0.169. The summed E-state index contributed by atoms with van der Waals surface area (Å²) in [7, 11) is 0. The lowest BCUT2D eigenvalue weighted by Gasteiger charge is -2.16. The van der Waals surface area contributed by atoms with E-state index in [-0.39, 0.29) is 35.0 Å². The number of nitrogens with zero attached hydrogens (tertiary/aromatic N) is 2. The third-order valence-corrected chi connectivity index (χ3v) is 8.84. The number of rotatable bonds is 6. The van der Waals surface area contributed by atoms with Gasteiger partial charge in [0.2, 0.25) is 11.8 Å². The molecule has 0 saturated carbocycles. The Morgan fingerprint density at radius 1 is 0.860 bits per heavy atom. The number of esters is 1. The van der Waals surface area contributed by atoms with Crippen LogP contribution in [0.2, 0.25) is 0 Å². The number of halogens is 1. The zero-order chi connectivity index (χ0) is 30.4. The van der Waals surface area contributed by atoms with E-state index in [1.54, 1.807) is 42.5 Å². The van der Waals surface area contributed by atoms with E-state index in [1.807, 2.05) is 51.1 Å². The summed E-state index contributed by atoms with van der Waals surface area (Å²) >= 11 is 3.51. The topological polar surface area (TPSA) is 93.6 Å². The van der Waals surface area contributed by atoms with Gasteiger partial charge in [-0.25, -0.2) is 9.78 Å². The van der Waals surface area contributed by atoms with Crippen molar-refractivity contribution in [1.29, 1.82) is 0 Å². The Labute approximate surface area is 257 Å². The highest BCUT2D eigenvalue weighted by molar-refractivity contribution is 9.10. The van der Waals surface area contributed by atoms with Crippen LogP contribution in [0, 0.1) is 32.6 Å². The van der Waals surface area contributed by atoms with Gasteiger partial charge in [0, 0.05) is 21.0 Å². The maximum absolute atomic E-state index is 13.4. The van der Waals surface area contributed by atoms with E-state index < -0.39 is 12.6 Å². The Morgan fingerprint density at radius 2 is 1.53 bits per heavy atom. The minimum atomic E-state index is -0.635. The molecule has 7 nitrogen and oxygen atoms in total. The molecule has 2 amide bonds. The van der Waals surface area contributed by atoms with Gasteiger partial charge in [0.05, 0.1) is 34.3 Å². The molecule has 1 aliphatic carbocycles. The van der Waals surface area contributed by atoms with Gasteiger partial charge in [-0.05, 0) is 86.7 Å². The molecule has 1 aromatic heterocycles. The molecule has 216 valence electrons. The quantitative estimate of drug-likeness (QED) is 0.0971. The van der Waals surface area contributed by atoms with Crippen molar-refractivity contribution in [3.8, 4) is 11.3 Å². The predicted molar refractivity (Wildman–Crippen MR) is 168 cm³/mol. The molecule has 0 radical (unpaired) electrons. The first-order valence-electron chi connectivity index (χ1n) is 14.1. The second-order valence-electron chi connectivity index (χ2n) is 11.2. The lowest BCUT2D eigenvalue weighted by molar-refractivity contribution is -0.122. The molecule has 43 heavy (non-hydrogen) atoms. The molecule has 2 aliphatic rings. The number of pyridine rings is 1. The smallest absolute Gasteiger partial charge is 0.339 e. The van der Waals surface area contributed by atoms with Gasteiger partial charge in [0.15, 0.2) is 12.4 Å². The number of carbonyl (C=O) groups is 4. The van der Waals surface area contributed by atoms with Crippen LogP contribution in [0.4, 0.5) is 5.69 Å². The van der Waals surface area contributed by atoms with Crippen molar-refractivity contribution in [3.05, 3.63) is 105 Å². The molecule has 1 saturated heterocycles. The van der Waals surface area contributed by atoms with Crippen LogP contribution >= 0.6 is 15.9 Å². The summed E-state index contributed by atoms with van der Waals surface area (Å²) in [6.45, 7) is 5.42. The third-order valence-electron chi connectivity index (χ3n) is 8.38. The highest BCUT2D eigenvalue weighted by Crippen LogP contribution is 2.38. The third kappa shape index (κ3) is 5.31. The highest BCUT2D eigenvalue weighted by Gasteiger charge is 2.47. The molecule has 2 heterocycles. The number of aromatic nitrogens is 1. The Bertz CT molecular complexity index is 1830. The minimum Gasteiger partial charge on any atom is -0.454 e. The number of anilines is 1. The molecule has 1 aliphatic heterocycles. The molecule has 0 spiro atoms. The molecule has 6 rings (SSSR count). The monoisotopic (exact) mass is 636 g/mol. The van der Waals surface area contributed by atoms with E-state index in [0.29, 0.717) is 46.3 Å². The summed E-state index contributed by atoms with van der Waals surface area (Å²) in [5, 5.41) is 0.598. The number of Topliss-reactive ketones (excluding diaryl/α,β-unsaturated/α-hetero) is 1. The van der Waals surface area contributed by atoms with Crippen molar-refractivity contribution in [2.45, 2.75) is 33.6 Å². The van der Waals surface area contributed by atoms with Gasteiger partial charge in [-0.2, -0.15) is 0 Å². The Morgan fingerprint density at radius 3 is 2.19 bits per heavy atom. The summed E-state index contributed by atoms with van der Waals surface area (Å²) in [4.78, 5) is 58.5. The van der Waals surface area contributed by atoms with Gasteiger partial charge in [-0.1, -0.05) is 52.3 Å². The van der Waals surface area contributed by atoms with E-state index in [9.17, 15) is 19.2 Å². The number of hydrogen-bond donors (Lipinski definition) is 0. The van der Waals surface area contributed by atoms with Crippen molar-refractivity contribution in [2.24, 2.45) is 11.8 Å². The van der Waals surface area contributed by atoms with Crippen LogP contribution in [0.3, 0.4) is 0 Å². The Kier molecular flexibility index (Phi) is 7.56. The first kappa shape index (κ1) is 28.7. The first-order valence-corrected chi connectivity index (χ1v) is 14.9. The highest BCUT2D eigenvalue weighted by atomic mass is 79.9. The number of fused-ring (bicyclic) bond motifs is 2. The van der Waals surface area contributed by atoms with E-state index in [0.717, 1.165) is 21.2 Å². The zero-order valence-corrected chi connectivity index (χ0v) is 25.6. The largest absolute Gasteiger partial charge is 0.454 e. The van der Waals surface area contributed by atoms with Crippen LogP contribution in [-0.4, -0.2) is 35.2 Å². The van der Waals surface area contributed by atoms with Gasteiger partial charge in [0.1, 0.15) is 0 Å². The van der Waals surface area contributed by atoms with Crippen molar-refractivity contribution < 1.29 is 23.9 Å². The Hall–Kier alpha value is -4.43. The lowest BCUT2D eigenvalue weighted by Crippen LogP contribution is -2.30. The van der Waals surface area contributed by atoms with Gasteiger partial charge < -0.3 is 4.74 Å². The van der Waals surface area contributed by atoms with Gasteiger partial charge in [-0.15, -0.1) is 0 Å². The summed E-state index contributed by atoms with van der Waals surface area (Å²) in [6.07, 6.45) is 5.09. The SMILES string of the molecule is Cc1ccc(C(=O)COC(=O)c2cc(-c3ccc(N4C(=O)C5CC=CCC5C4=O)cc3)nc3c(C)cc(Br)cc23)cc1C. The van der Waals surface area contributed by atoms with Crippen molar-refractivity contribution >= 4 is 56.1 Å². The molecule has 1 fully saturated rings. The maximum atomic E-state index is 13.4. The van der Waals surface area contributed by atoms with Crippen LogP contribution in [0.15, 0.2) is 77.3 Å². The van der Waals surface area contributed by atoms with E-state index >= 15 is 0 Å². The number of benzene rings is 3. The Balaban J connectivity index is 1.30. The average molecular weight is 638 g/mol. The lowest BCUT2D eigenvalue weighted by atomic mass is 9.85. The fourth-order valence-electron chi connectivity index (χ4n) is 5.82. The van der Waals surface area contributed by atoms with Gasteiger partial charge in [-0.3, -0.25) is 19.3 Å². The fraction of sp³-hybridized carbons (Fsp3) is 0.229. The number of hydrogen-bond acceptors (Lipinski definition) is 6. The normalized spacial score (nSPS) is 17.8. The predicted octanol–water partition coefficient (Wildman–Crippen LogP) is 7.08. The van der Waals surface area contributed by atoms with Crippen LogP contribution in [0.25, 0.3) is 22.2 Å². The molecule has 2 unspecified atom stereocenters. The molecular formula is C35H29BrN2O5. The van der Waals surface area contributed by atoms with Gasteiger partial charge in [0.25, 0.3) is 0 Å². The van der Waals surface area contributed by atoms with Crippen molar-refractivity contribution in [3.63, 3.8) is 0 Å². The molecule has 0 N–H and O–H groups in total. The average Bonchev–Trinajstić information content (AvgIpc) is 3.26. The number of amides is 2. The second kappa shape index (κ2) is 11.3. The number of ether oxygens (including phenoxy) is 1. The summed E-state index contributed by atoms with van der Waals surface area (Å²) in [6, 6.07) is 17.8. The summed E-state index contributed by atoms with van der Waals surface area (Å²) < 4.78 is 6.32. The van der Waals surface area contributed by atoms with Crippen LogP contribution in [0.5, 0.6) is 0 Å². The van der Waals surface area contributed by atoms with Crippen molar-refractivity contribution in [1.82, 2.24) is 4.98 Å². The standard InChI is InChI=1S/C35H29BrN2O5/c1-19-8-9-23(14-20(19)2)31(39)18-43-35(42)29-17-30(37-32-21(3)15-24(36)16-28(29)32)22-10-12-25(13-11-22)38-33(40)26-6-4-5-7-27(26)34(38)41/h4-5,8-17,26-27H,6-7,18H2,1-3H3. The molecule has 8 heteroatoms. The number of ketones is 1. The molecule has 0 bridgehead atoms. The van der Waals surface area contributed by atoms with E-state index in [4.69, 9.17) is 9.72 Å². The second-order valence-corrected chi connectivity index (χ2v) is 12.1. The van der Waals surface area contributed by atoms with Crippen LogP contribution in [-0.2, 0) is 14.3 Å². The van der Waals surface area contributed by atoms with Crippen molar-refractivity contribution in [2.75, 3.05) is 11.5 Å². The first-order chi connectivity index (χ1) is 20.6. The molecule has 4 aromatic rings. The van der Waals surface area contributed by atoms with E-state index in [2.05, 4.69) is 15.9 Å². The number of imide groups is 1. The molecule has 3 aromatic carbocycles. The van der Waals surface area contributed by atoms with Crippen LogP contribution in [0.1, 0.15) is 50.2 Å². The number of carbonyl (C=O) groups excluding carboxylic acids is 4. The van der Waals surface area contributed by atoms with Gasteiger partial charge >= 0.3 is 5.97 Å². The maximum Gasteiger partial charge on any atom is 0.339 e. The van der Waals surface area contributed by atoms with Crippen LogP contribution < -0.4 is 4.90 Å². The van der Waals surface area contributed by atoms with E-state index in [1.165, 1.54) is 4.90 Å².